The van der Waals surface area contributed by atoms with Gasteiger partial charge in [0.05, 0.1) is 4.92 Å². The molecule has 0 saturated carbocycles. The number of aliphatic carboxylic acids is 1. The first-order valence-corrected chi connectivity index (χ1v) is 7.82. The highest BCUT2D eigenvalue weighted by Crippen LogP contribution is 2.14. The molecule has 0 aliphatic heterocycles. The summed E-state index contributed by atoms with van der Waals surface area (Å²) in [6.07, 6.45) is -1.26. The molecule has 0 radical (unpaired) electrons. The molecule has 1 aromatic carbocycles. The highest BCUT2D eigenvalue weighted by Gasteiger charge is 2.28. The Hall–Kier alpha value is -2.23. The van der Waals surface area contributed by atoms with Gasteiger partial charge >= 0.3 is 5.97 Å². The first kappa shape index (κ1) is 23.8. The number of nitro benzene ring substituents is 1. The summed E-state index contributed by atoms with van der Waals surface area (Å²) < 4.78 is 0. The van der Waals surface area contributed by atoms with E-state index in [0.29, 0.717) is 5.56 Å². The molecular weight excluding hydrogens is 366 g/mol. The second kappa shape index (κ2) is 10.7. The molecule has 0 fully saturated rings. The third kappa shape index (κ3) is 7.34. The minimum absolute atomic E-state index is 0. The first-order chi connectivity index (χ1) is 11.6. The summed E-state index contributed by atoms with van der Waals surface area (Å²) in [5.74, 6) is -1.99. The predicted molar refractivity (Wildman–Crippen MR) is 97.1 cm³/mol. The molecule has 1 aromatic rings. The maximum atomic E-state index is 12.0. The molecule has 5 N–H and O–H groups in total. The van der Waals surface area contributed by atoms with Gasteiger partial charge in [-0.25, -0.2) is 4.79 Å². The molecule has 0 heterocycles. The van der Waals surface area contributed by atoms with E-state index < -0.39 is 35.0 Å². The number of carbonyl (C=O) groups excluding carboxylic acids is 1. The maximum absolute atomic E-state index is 12.0. The van der Waals surface area contributed by atoms with Gasteiger partial charge in [-0.15, -0.1) is 12.4 Å². The van der Waals surface area contributed by atoms with Crippen LogP contribution in [-0.2, 0) is 16.0 Å². The Balaban J connectivity index is 0.00000625. The Bertz CT molecular complexity index is 623. The van der Waals surface area contributed by atoms with Gasteiger partial charge in [0.2, 0.25) is 0 Å². The molecular formula is C16H24ClN3O6. The van der Waals surface area contributed by atoms with Crippen molar-refractivity contribution in [3.63, 3.8) is 0 Å². The lowest BCUT2D eigenvalue weighted by Gasteiger charge is -2.22. The quantitative estimate of drug-likeness (QED) is 0.360. The largest absolute Gasteiger partial charge is 0.480 e. The van der Waals surface area contributed by atoms with Crippen LogP contribution >= 0.6 is 12.4 Å². The average molecular weight is 390 g/mol. The number of carboxylic acid groups (broad SMARTS) is 1. The van der Waals surface area contributed by atoms with Crippen molar-refractivity contribution in [3.8, 4) is 0 Å². The fourth-order valence-corrected chi connectivity index (χ4v) is 2.28. The molecule has 0 aliphatic rings. The molecule has 2 unspecified atom stereocenters. The summed E-state index contributed by atoms with van der Waals surface area (Å²) in [5.41, 5.74) is 6.35. The van der Waals surface area contributed by atoms with E-state index in [1.165, 1.54) is 24.3 Å². The number of amides is 1. The van der Waals surface area contributed by atoms with Crippen molar-refractivity contribution in [2.75, 3.05) is 0 Å². The van der Waals surface area contributed by atoms with Gasteiger partial charge in [0.25, 0.3) is 11.6 Å². The smallest absolute Gasteiger partial charge is 0.326 e. The number of halogens is 1. The van der Waals surface area contributed by atoms with Crippen LogP contribution in [0.2, 0.25) is 0 Å². The lowest BCUT2D eigenvalue weighted by molar-refractivity contribution is -0.384. The monoisotopic (exact) mass is 389 g/mol. The van der Waals surface area contributed by atoms with Gasteiger partial charge in [-0.3, -0.25) is 14.9 Å². The van der Waals surface area contributed by atoms with Crippen molar-refractivity contribution in [3.05, 3.63) is 39.9 Å². The van der Waals surface area contributed by atoms with Gasteiger partial charge < -0.3 is 21.3 Å². The van der Waals surface area contributed by atoms with Crippen LogP contribution in [0.1, 0.15) is 25.8 Å². The van der Waals surface area contributed by atoms with Crippen LogP contribution in [0.3, 0.4) is 0 Å². The van der Waals surface area contributed by atoms with Crippen LogP contribution in [0.4, 0.5) is 5.69 Å². The van der Waals surface area contributed by atoms with Gasteiger partial charge in [-0.2, -0.15) is 0 Å². The molecule has 1 rings (SSSR count). The molecule has 0 aliphatic carbocycles. The van der Waals surface area contributed by atoms with Crippen LogP contribution in [0, 0.1) is 16.0 Å². The Labute approximate surface area is 157 Å². The number of hydrogen-bond acceptors (Lipinski definition) is 6. The fourth-order valence-electron chi connectivity index (χ4n) is 2.28. The highest BCUT2D eigenvalue weighted by atomic mass is 35.5. The number of aliphatic hydroxyl groups excluding tert-OH is 1. The lowest BCUT2D eigenvalue weighted by atomic mass is 10.00. The molecule has 0 aromatic heterocycles. The topological polar surface area (TPSA) is 156 Å². The third-order valence-electron chi connectivity index (χ3n) is 3.61. The standard InChI is InChI=1S/C16H23N3O6.ClH/c1-9(2)7-13(16(22)23)18-15(21)14(20)12(17)8-10-3-5-11(6-4-10)19(24)25;/h3-6,9,12-14,20H,7-8,17H2,1-2H3,(H,18,21)(H,22,23);1H/t12?,13-,14?;/m0./s1. The lowest BCUT2D eigenvalue weighted by Crippen LogP contribution is -2.52. The predicted octanol–water partition coefficient (Wildman–Crippen LogP) is 0.863. The Morgan fingerprint density at radius 1 is 1.27 bits per heavy atom. The number of carbonyl (C=O) groups is 2. The summed E-state index contributed by atoms with van der Waals surface area (Å²) in [4.78, 5) is 33.2. The van der Waals surface area contributed by atoms with E-state index in [1.54, 1.807) is 0 Å². The average Bonchev–Trinajstić information content (AvgIpc) is 2.53. The number of non-ortho nitro benzene ring substituents is 1. The summed E-state index contributed by atoms with van der Waals surface area (Å²) in [7, 11) is 0. The number of nitrogens with zero attached hydrogens (tertiary/aromatic N) is 1. The van der Waals surface area contributed by atoms with Crippen molar-refractivity contribution in [1.29, 1.82) is 0 Å². The second-order valence-corrected chi connectivity index (χ2v) is 6.27. The first-order valence-electron chi connectivity index (χ1n) is 7.82. The molecule has 0 bridgehead atoms. The molecule has 3 atom stereocenters. The Morgan fingerprint density at radius 3 is 2.23 bits per heavy atom. The van der Waals surface area contributed by atoms with Gasteiger partial charge in [-0.05, 0) is 24.3 Å². The molecule has 0 spiro atoms. The zero-order chi connectivity index (χ0) is 19.1. The molecule has 9 nitrogen and oxygen atoms in total. The third-order valence-corrected chi connectivity index (χ3v) is 3.61. The minimum Gasteiger partial charge on any atom is -0.480 e. The maximum Gasteiger partial charge on any atom is 0.326 e. The van der Waals surface area contributed by atoms with Crippen molar-refractivity contribution in [2.45, 2.75) is 44.9 Å². The van der Waals surface area contributed by atoms with Crippen LogP contribution < -0.4 is 11.1 Å². The normalized spacial score (nSPS) is 14.0. The van der Waals surface area contributed by atoms with E-state index in [4.69, 9.17) is 10.8 Å². The van der Waals surface area contributed by atoms with Crippen molar-refractivity contribution < 1.29 is 24.7 Å². The summed E-state index contributed by atoms with van der Waals surface area (Å²) in [5, 5.41) is 32.0. The molecule has 10 heteroatoms. The number of carboxylic acids is 1. The number of rotatable bonds is 9. The molecule has 0 saturated heterocycles. The van der Waals surface area contributed by atoms with Gasteiger partial charge in [0.1, 0.15) is 12.1 Å². The number of nitrogens with two attached hydrogens (primary N) is 1. The van der Waals surface area contributed by atoms with Gasteiger partial charge in [0, 0.05) is 18.2 Å². The minimum atomic E-state index is -1.59. The summed E-state index contributed by atoms with van der Waals surface area (Å²) >= 11 is 0. The fraction of sp³-hybridized carbons (Fsp3) is 0.500. The van der Waals surface area contributed by atoms with Gasteiger partial charge in [0.15, 0.2) is 0 Å². The van der Waals surface area contributed by atoms with Crippen molar-refractivity contribution in [1.82, 2.24) is 5.32 Å². The van der Waals surface area contributed by atoms with Crippen molar-refractivity contribution >= 4 is 30.0 Å². The van der Waals surface area contributed by atoms with E-state index in [2.05, 4.69) is 5.32 Å². The zero-order valence-corrected chi connectivity index (χ0v) is 15.3. The summed E-state index contributed by atoms with van der Waals surface area (Å²) in [6, 6.07) is 3.50. The number of nitrogens with one attached hydrogen (secondary N) is 1. The Kier molecular flexibility index (Phi) is 9.77. The Morgan fingerprint density at radius 2 is 1.81 bits per heavy atom. The van der Waals surface area contributed by atoms with Gasteiger partial charge in [-0.1, -0.05) is 26.0 Å². The summed E-state index contributed by atoms with van der Waals surface area (Å²) in [6.45, 7) is 3.64. The van der Waals surface area contributed by atoms with Crippen molar-refractivity contribution in [2.24, 2.45) is 11.7 Å². The molecule has 26 heavy (non-hydrogen) atoms. The van der Waals surface area contributed by atoms with E-state index in [-0.39, 0.29) is 36.9 Å². The van der Waals surface area contributed by atoms with E-state index in [0.717, 1.165) is 0 Å². The highest BCUT2D eigenvalue weighted by molar-refractivity contribution is 5.86. The second-order valence-electron chi connectivity index (χ2n) is 6.27. The van der Waals surface area contributed by atoms with E-state index in [9.17, 15) is 24.8 Å². The number of benzene rings is 1. The van der Waals surface area contributed by atoms with Crippen LogP contribution in [0.25, 0.3) is 0 Å². The zero-order valence-electron chi connectivity index (χ0n) is 14.5. The number of hydrogen-bond donors (Lipinski definition) is 4. The van der Waals surface area contributed by atoms with E-state index in [1.807, 2.05) is 13.8 Å². The van der Waals surface area contributed by atoms with Crippen LogP contribution in [-0.4, -0.2) is 45.2 Å². The number of nitro groups is 1. The SMILES string of the molecule is CC(C)C[C@H](NC(=O)C(O)C(N)Cc1ccc([N+](=O)[O-])cc1)C(=O)O.Cl. The van der Waals surface area contributed by atoms with Crippen LogP contribution in [0.5, 0.6) is 0 Å². The number of aliphatic hydroxyl groups is 1. The van der Waals surface area contributed by atoms with Crippen LogP contribution in [0.15, 0.2) is 24.3 Å². The molecule has 1 amide bonds. The van der Waals surface area contributed by atoms with E-state index >= 15 is 0 Å². The molecule has 146 valence electrons.